The van der Waals surface area contributed by atoms with Crippen molar-refractivity contribution >= 4 is 22.6 Å². The average molecular weight is 295 g/mol. The molecular formula is C16H17N5O. The summed E-state index contributed by atoms with van der Waals surface area (Å²) in [5.74, 6) is 0.546. The predicted octanol–water partition coefficient (Wildman–Crippen LogP) is 1.94. The van der Waals surface area contributed by atoms with Crippen LogP contribution < -0.4 is 10.6 Å². The Morgan fingerprint density at radius 2 is 2.14 bits per heavy atom. The molecular weight excluding hydrogens is 278 g/mol. The number of hydrogen-bond acceptors (Lipinski definition) is 4. The van der Waals surface area contributed by atoms with Gasteiger partial charge >= 0.3 is 0 Å². The zero-order valence-electron chi connectivity index (χ0n) is 12.5. The van der Waals surface area contributed by atoms with Crippen molar-refractivity contribution in [2.75, 3.05) is 12.4 Å². The normalized spacial score (nSPS) is 10.6. The van der Waals surface area contributed by atoms with Crippen molar-refractivity contribution in [2.45, 2.75) is 6.54 Å². The first kappa shape index (κ1) is 14.1. The molecule has 2 N–H and O–H groups in total. The van der Waals surface area contributed by atoms with Crippen molar-refractivity contribution in [1.82, 2.24) is 20.1 Å². The fraction of sp³-hybridized carbons (Fsp3) is 0.188. The Morgan fingerprint density at radius 1 is 1.32 bits per heavy atom. The number of carbonyl (C=O) groups excluding carboxylic acids is 1. The van der Waals surface area contributed by atoms with Crippen molar-refractivity contribution < 1.29 is 4.79 Å². The van der Waals surface area contributed by atoms with Crippen molar-refractivity contribution in [1.29, 1.82) is 0 Å². The Labute approximate surface area is 128 Å². The maximum atomic E-state index is 12.5. The third kappa shape index (κ3) is 2.76. The third-order valence-corrected chi connectivity index (χ3v) is 3.43. The Morgan fingerprint density at radius 3 is 2.86 bits per heavy atom. The van der Waals surface area contributed by atoms with E-state index in [2.05, 4.69) is 20.7 Å². The van der Waals surface area contributed by atoms with Gasteiger partial charge in [0.15, 0.2) is 0 Å². The lowest BCUT2D eigenvalue weighted by Crippen LogP contribution is -2.23. The van der Waals surface area contributed by atoms with Gasteiger partial charge in [0.05, 0.1) is 17.3 Å². The highest BCUT2D eigenvalue weighted by molar-refractivity contribution is 6.06. The van der Waals surface area contributed by atoms with E-state index in [-0.39, 0.29) is 5.91 Å². The van der Waals surface area contributed by atoms with Crippen LogP contribution in [0.1, 0.15) is 15.9 Å². The van der Waals surface area contributed by atoms with Gasteiger partial charge in [-0.15, -0.1) is 0 Å². The molecule has 0 unspecified atom stereocenters. The number of fused-ring (bicyclic) bond motifs is 1. The molecule has 0 bridgehead atoms. The fourth-order valence-electron chi connectivity index (χ4n) is 2.33. The number of nitrogens with zero attached hydrogens (tertiary/aromatic N) is 3. The zero-order chi connectivity index (χ0) is 15.5. The molecule has 0 aliphatic rings. The molecule has 0 aliphatic heterocycles. The molecule has 0 saturated heterocycles. The van der Waals surface area contributed by atoms with E-state index in [1.54, 1.807) is 24.0 Å². The first-order valence-electron chi connectivity index (χ1n) is 7.00. The van der Waals surface area contributed by atoms with Crippen molar-refractivity contribution in [3.8, 4) is 0 Å². The molecule has 0 atom stereocenters. The molecule has 3 aromatic rings. The Hall–Kier alpha value is -2.89. The van der Waals surface area contributed by atoms with Gasteiger partial charge in [-0.25, -0.2) is 4.98 Å². The van der Waals surface area contributed by atoms with Crippen LogP contribution in [-0.4, -0.2) is 27.7 Å². The molecule has 112 valence electrons. The summed E-state index contributed by atoms with van der Waals surface area (Å²) in [6.45, 7) is 0.443. The van der Waals surface area contributed by atoms with Crippen LogP contribution in [0.4, 0.5) is 5.82 Å². The molecule has 0 radical (unpaired) electrons. The standard InChI is InChI=1S/C16H17N5O/c1-17-15-7-13(12-5-3-4-6-14(12)20-15)16(22)18-8-11-9-19-21(2)10-11/h3-7,9-10H,8H2,1-2H3,(H,17,20)(H,18,22). The van der Waals surface area contributed by atoms with E-state index in [0.717, 1.165) is 16.5 Å². The maximum Gasteiger partial charge on any atom is 0.252 e. The summed E-state index contributed by atoms with van der Waals surface area (Å²) in [4.78, 5) is 17.0. The van der Waals surface area contributed by atoms with E-state index in [1.807, 2.05) is 37.5 Å². The van der Waals surface area contributed by atoms with Crippen LogP contribution in [0.15, 0.2) is 42.7 Å². The molecule has 1 aromatic carbocycles. The molecule has 0 fully saturated rings. The number of amides is 1. The molecule has 3 rings (SSSR count). The minimum Gasteiger partial charge on any atom is -0.373 e. The highest BCUT2D eigenvalue weighted by Crippen LogP contribution is 2.20. The molecule has 0 spiro atoms. The number of aromatic nitrogens is 3. The average Bonchev–Trinajstić information content (AvgIpc) is 2.97. The lowest BCUT2D eigenvalue weighted by atomic mass is 10.1. The number of carbonyl (C=O) groups is 1. The van der Waals surface area contributed by atoms with Crippen LogP contribution in [0, 0.1) is 0 Å². The highest BCUT2D eigenvalue weighted by atomic mass is 16.1. The minimum atomic E-state index is -0.126. The number of nitrogens with one attached hydrogen (secondary N) is 2. The number of aryl methyl sites for hydroxylation is 1. The molecule has 0 saturated carbocycles. The van der Waals surface area contributed by atoms with E-state index in [0.29, 0.717) is 17.9 Å². The number of rotatable bonds is 4. The molecule has 6 heteroatoms. The fourth-order valence-corrected chi connectivity index (χ4v) is 2.33. The zero-order valence-corrected chi connectivity index (χ0v) is 12.5. The van der Waals surface area contributed by atoms with Crippen LogP contribution in [0.3, 0.4) is 0 Å². The van der Waals surface area contributed by atoms with Crippen LogP contribution >= 0.6 is 0 Å². The molecule has 2 heterocycles. The second-order valence-electron chi connectivity index (χ2n) is 5.03. The first-order chi connectivity index (χ1) is 10.7. The quantitative estimate of drug-likeness (QED) is 0.771. The van der Waals surface area contributed by atoms with Crippen molar-refractivity contribution in [3.63, 3.8) is 0 Å². The van der Waals surface area contributed by atoms with Gasteiger partial charge in [-0.2, -0.15) is 5.10 Å². The predicted molar refractivity (Wildman–Crippen MR) is 85.7 cm³/mol. The van der Waals surface area contributed by atoms with E-state index >= 15 is 0 Å². The summed E-state index contributed by atoms with van der Waals surface area (Å²) in [6.07, 6.45) is 3.62. The topological polar surface area (TPSA) is 71.8 Å². The highest BCUT2D eigenvalue weighted by Gasteiger charge is 2.12. The molecule has 2 aromatic heterocycles. The van der Waals surface area contributed by atoms with Gasteiger partial charge in [-0.1, -0.05) is 18.2 Å². The van der Waals surface area contributed by atoms with Crippen LogP contribution in [0.2, 0.25) is 0 Å². The van der Waals surface area contributed by atoms with Crippen LogP contribution in [0.25, 0.3) is 10.9 Å². The molecule has 6 nitrogen and oxygen atoms in total. The lowest BCUT2D eigenvalue weighted by Gasteiger charge is -2.09. The number of hydrogen-bond donors (Lipinski definition) is 2. The third-order valence-electron chi connectivity index (χ3n) is 3.43. The first-order valence-corrected chi connectivity index (χ1v) is 7.00. The summed E-state index contributed by atoms with van der Waals surface area (Å²) < 4.78 is 1.71. The van der Waals surface area contributed by atoms with Crippen molar-refractivity contribution in [3.05, 3.63) is 53.9 Å². The van der Waals surface area contributed by atoms with Gasteiger partial charge in [0.1, 0.15) is 5.82 Å². The second-order valence-corrected chi connectivity index (χ2v) is 5.03. The van der Waals surface area contributed by atoms with Crippen molar-refractivity contribution in [2.24, 2.45) is 7.05 Å². The van der Waals surface area contributed by atoms with E-state index in [9.17, 15) is 4.79 Å². The summed E-state index contributed by atoms with van der Waals surface area (Å²) in [6, 6.07) is 9.38. The summed E-state index contributed by atoms with van der Waals surface area (Å²) in [5, 5.41) is 10.8. The van der Waals surface area contributed by atoms with Gasteiger partial charge in [-0.05, 0) is 12.1 Å². The summed E-state index contributed by atoms with van der Waals surface area (Å²) in [7, 11) is 3.63. The Balaban J connectivity index is 1.89. The van der Waals surface area contributed by atoms with Gasteiger partial charge in [0, 0.05) is 37.8 Å². The molecule has 1 amide bonds. The minimum absolute atomic E-state index is 0.126. The monoisotopic (exact) mass is 295 g/mol. The molecule has 0 aliphatic carbocycles. The number of benzene rings is 1. The lowest BCUT2D eigenvalue weighted by molar-refractivity contribution is 0.0952. The number of pyridine rings is 1. The van der Waals surface area contributed by atoms with E-state index in [1.165, 1.54) is 0 Å². The Bertz CT molecular complexity index is 824. The maximum absolute atomic E-state index is 12.5. The van der Waals surface area contributed by atoms with Gasteiger partial charge < -0.3 is 10.6 Å². The van der Waals surface area contributed by atoms with Crippen LogP contribution in [0.5, 0.6) is 0 Å². The van der Waals surface area contributed by atoms with Crippen LogP contribution in [-0.2, 0) is 13.6 Å². The van der Waals surface area contributed by atoms with E-state index in [4.69, 9.17) is 0 Å². The molecule has 22 heavy (non-hydrogen) atoms. The summed E-state index contributed by atoms with van der Waals surface area (Å²) >= 11 is 0. The second kappa shape index (κ2) is 5.85. The number of anilines is 1. The van der Waals surface area contributed by atoms with E-state index < -0.39 is 0 Å². The number of para-hydroxylation sites is 1. The summed E-state index contributed by atoms with van der Waals surface area (Å²) in [5.41, 5.74) is 2.36. The van der Waals surface area contributed by atoms with Gasteiger partial charge in [0.25, 0.3) is 5.91 Å². The van der Waals surface area contributed by atoms with Gasteiger partial charge in [0.2, 0.25) is 0 Å². The largest absolute Gasteiger partial charge is 0.373 e. The smallest absolute Gasteiger partial charge is 0.252 e. The SMILES string of the molecule is CNc1cc(C(=O)NCc2cnn(C)c2)c2ccccc2n1. The van der Waals surface area contributed by atoms with Gasteiger partial charge in [-0.3, -0.25) is 9.48 Å². The Kier molecular flexibility index (Phi) is 3.74.